The van der Waals surface area contributed by atoms with Crippen LogP contribution in [0, 0.1) is 5.41 Å². The number of nitrogens with one attached hydrogen (secondary N) is 1. The summed E-state index contributed by atoms with van der Waals surface area (Å²) in [6, 6.07) is 0.411. The van der Waals surface area contributed by atoms with Crippen LogP contribution in [-0.2, 0) is 16.1 Å². The van der Waals surface area contributed by atoms with Gasteiger partial charge in [-0.15, -0.1) is 11.3 Å². The second-order valence-corrected chi connectivity index (χ2v) is 7.36. The van der Waals surface area contributed by atoms with Gasteiger partial charge in [-0.1, -0.05) is 0 Å². The molecular formula is C16H25N3O2S. The van der Waals surface area contributed by atoms with Crippen molar-refractivity contribution in [2.24, 2.45) is 5.41 Å². The number of methoxy groups -OCH3 is 1. The van der Waals surface area contributed by atoms with Crippen LogP contribution < -0.4 is 5.32 Å². The van der Waals surface area contributed by atoms with Crippen molar-refractivity contribution in [3.8, 4) is 0 Å². The van der Waals surface area contributed by atoms with Crippen molar-refractivity contribution in [2.75, 3.05) is 26.8 Å². The predicted octanol–water partition coefficient (Wildman–Crippen LogP) is 2.04. The highest BCUT2D eigenvalue weighted by atomic mass is 32.1. The molecule has 1 N–H and O–H groups in total. The monoisotopic (exact) mass is 323 g/mol. The Bertz CT molecular complexity index is 486. The average molecular weight is 323 g/mol. The zero-order valence-corrected chi connectivity index (χ0v) is 14.0. The zero-order valence-electron chi connectivity index (χ0n) is 13.2. The van der Waals surface area contributed by atoms with Gasteiger partial charge in [0, 0.05) is 37.8 Å². The maximum Gasteiger partial charge on any atom is 0.223 e. The van der Waals surface area contributed by atoms with Gasteiger partial charge in [-0.05, 0) is 44.2 Å². The predicted molar refractivity (Wildman–Crippen MR) is 86.7 cm³/mol. The molecule has 1 aliphatic heterocycles. The Kier molecular flexibility index (Phi) is 5.10. The largest absolute Gasteiger partial charge is 0.385 e. The number of rotatable bonds is 7. The molecule has 2 fully saturated rings. The molecule has 122 valence electrons. The van der Waals surface area contributed by atoms with Gasteiger partial charge in [0.25, 0.3) is 0 Å². The summed E-state index contributed by atoms with van der Waals surface area (Å²) in [5.74, 6) is 0.257. The van der Waals surface area contributed by atoms with Gasteiger partial charge in [0.2, 0.25) is 5.91 Å². The van der Waals surface area contributed by atoms with Crippen molar-refractivity contribution in [3.05, 3.63) is 16.6 Å². The fourth-order valence-electron chi connectivity index (χ4n) is 3.59. The lowest BCUT2D eigenvalue weighted by Crippen LogP contribution is -2.39. The molecule has 1 unspecified atom stereocenters. The summed E-state index contributed by atoms with van der Waals surface area (Å²) in [6.45, 7) is 3.48. The van der Waals surface area contributed by atoms with Crippen LogP contribution in [0.15, 0.2) is 11.6 Å². The van der Waals surface area contributed by atoms with Gasteiger partial charge in [0.1, 0.15) is 5.01 Å². The second kappa shape index (κ2) is 7.06. The van der Waals surface area contributed by atoms with E-state index in [0.717, 1.165) is 30.9 Å². The van der Waals surface area contributed by atoms with E-state index < -0.39 is 0 Å². The lowest BCUT2D eigenvalue weighted by atomic mass is 9.93. The molecule has 1 spiro atoms. The third kappa shape index (κ3) is 3.50. The van der Waals surface area contributed by atoms with Gasteiger partial charge < -0.3 is 15.0 Å². The minimum atomic E-state index is 0.257. The molecule has 1 saturated carbocycles. The summed E-state index contributed by atoms with van der Waals surface area (Å²) in [6.07, 6.45) is 6.74. The average Bonchev–Trinajstić information content (AvgIpc) is 2.98. The first-order valence-corrected chi connectivity index (χ1v) is 9.01. The van der Waals surface area contributed by atoms with Crippen molar-refractivity contribution in [3.63, 3.8) is 0 Å². The van der Waals surface area contributed by atoms with E-state index >= 15 is 0 Å². The van der Waals surface area contributed by atoms with E-state index in [9.17, 15) is 4.79 Å². The van der Waals surface area contributed by atoms with Crippen LogP contribution in [0.1, 0.15) is 37.1 Å². The number of piperidine rings is 1. The van der Waals surface area contributed by atoms with Crippen LogP contribution in [0.5, 0.6) is 0 Å². The molecule has 1 saturated heterocycles. The Morgan fingerprint density at radius 3 is 3.05 bits per heavy atom. The molecule has 2 heterocycles. The quantitative estimate of drug-likeness (QED) is 0.780. The van der Waals surface area contributed by atoms with Gasteiger partial charge in [-0.2, -0.15) is 0 Å². The molecule has 1 amide bonds. The van der Waals surface area contributed by atoms with E-state index in [1.807, 2.05) is 11.6 Å². The van der Waals surface area contributed by atoms with Crippen LogP contribution in [0.25, 0.3) is 0 Å². The highest BCUT2D eigenvalue weighted by Crippen LogP contribution is 2.56. The minimum absolute atomic E-state index is 0.257. The first-order chi connectivity index (χ1) is 10.7. The normalized spacial score (nSPS) is 22.7. The molecule has 1 aromatic rings. The first-order valence-electron chi connectivity index (χ1n) is 8.13. The molecular weight excluding hydrogens is 298 g/mol. The smallest absolute Gasteiger partial charge is 0.223 e. The number of ether oxygens (including phenoxy) is 1. The Balaban J connectivity index is 1.65. The number of aromatic nitrogens is 1. The third-order valence-corrected chi connectivity index (χ3v) is 5.74. The molecule has 2 aliphatic rings. The van der Waals surface area contributed by atoms with Crippen molar-refractivity contribution in [2.45, 2.75) is 44.7 Å². The SMILES string of the molecule is COCCCC(=O)N(Cc1nccs1)C1CC12CCNCC2. The number of amides is 1. The molecule has 5 nitrogen and oxygen atoms in total. The highest BCUT2D eigenvalue weighted by Gasteiger charge is 2.57. The fraction of sp³-hybridized carbons (Fsp3) is 0.750. The van der Waals surface area contributed by atoms with E-state index in [1.165, 1.54) is 12.8 Å². The number of hydrogen-bond acceptors (Lipinski definition) is 5. The van der Waals surface area contributed by atoms with Crippen molar-refractivity contribution >= 4 is 17.2 Å². The second-order valence-electron chi connectivity index (χ2n) is 6.38. The third-order valence-electron chi connectivity index (χ3n) is 4.97. The maximum atomic E-state index is 12.7. The Labute approximate surface area is 136 Å². The molecule has 0 aromatic carbocycles. The van der Waals surface area contributed by atoms with Gasteiger partial charge in [-0.25, -0.2) is 4.98 Å². The molecule has 1 atom stereocenters. The highest BCUT2D eigenvalue weighted by molar-refractivity contribution is 7.09. The van der Waals surface area contributed by atoms with E-state index in [2.05, 4.69) is 15.2 Å². The summed E-state index contributed by atoms with van der Waals surface area (Å²) >= 11 is 1.64. The first kappa shape index (κ1) is 15.9. The fourth-order valence-corrected chi connectivity index (χ4v) is 4.20. The molecule has 1 aromatic heterocycles. The topological polar surface area (TPSA) is 54.5 Å². The molecule has 1 aliphatic carbocycles. The molecule has 3 rings (SSSR count). The van der Waals surface area contributed by atoms with Gasteiger partial charge in [0.15, 0.2) is 0 Å². The molecule has 6 heteroatoms. The standard InChI is InChI=1S/C16H25N3O2S/c1-21-9-2-3-15(20)19(12-14-18-8-10-22-14)13-11-16(13)4-6-17-7-5-16/h8,10,13,17H,2-7,9,11-12H2,1H3. The van der Waals surface area contributed by atoms with Crippen molar-refractivity contribution in [1.29, 1.82) is 0 Å². The number of thiazole rings is 1. The Morgan fingerprint density at radius 1 is 1.55 bits per heavy atom. The Hall–Kier alpha value is -0.980. The van der Waals surface area contributed by atoms with Gasteiger partial charge in [-0.3, -0.25) is 4.79 Å². The molecule has 0 radical (unpaired) electrons. The summed E-state index contributed by atoms with van der Waals surface area (Å²) in [5, 5.41) is 6.45. The van der Waals surface area contributed by atoms with Gasteiger partial charge >= 0.3 is 0 Å². The lowest BCUT2D eigenvalue weighted by molar-refractivity contribution is -0.133. The van der Waals surface area contributed by atoms with Gasteiger partial charge in [0.05, 0.1) is 6.54 Å². The Morgan fingerprint density at radius 2 is 2.36 bits per heavy atom. The van der Waals surface area contributed by atoms with Crippen molar-refractivity contribution < 1.29 is 9.53 Å². The van der Waals surface area contributed by atoms with E-state index in [-0.39, 0.29) is 5.91 Å². The molecule has 22 heavy (non-hydrogen) atoms. The van der Waals surface area contributed by atoms with E-state index in [4.69, 9.17) is 4.74 Å². The summed E-state index contributed by atoms with van der Waals surface area (Å²) in [7, 11) is 1.68. The number of hydrogen-bond donors (Lipinski definition) is 1. The number of carbonyl (C=O) groups excluding carboxylic acids is 1. The number of carbonyl (C=O) groups is 1. The van der Waals surface area contributed by atoms with E-state index in [0.29, 0.717) is 31.0 Å². The van der Waals surface area contributed by atoms with Crippen LogP contribution >= 0.6 is 11.3 Å². The minimum Gasteiger partial charge on any atom is -0.385 e. The van der Waals surface area contributed by atoms with Crippen LogP contribution in [0.2, 0.25) is 0 Å². The summed E-state index contributed by atoms with van der Waals surface area (Å²) in [4.78, 5) is 19.1. The van der Waals surface area contributed by atoms with Crippen LogP contribution in [0.3, 0.4) is 0 Å². The van der Waals surface area contributed by atoms with Crippen LogP contribution in [-0.4, -0.2) is 48.6 Å². The summed E-state index contributed by atoms with van der Waals surface area (Å²) in [5.41, 5.74) is 0.374. The lowest BCUT2D eigenvalue weighted by Gasteiger charge is -2.29. The van der Waals surface area contributed by atoms with Crippen LogP contribution in [0.4, 0.5) is 0 Å². The maximum absolute atomic E-state index is 12.7. The zero-order chi connectivity index (χ0) is 15.4. The van der Waals surface area contributed by atoms with E-state index in [1.54, 1.807) is 18.4 Å². The number of nitrogens with zero attached hydrogens (tertiary/aromatic N) is 2. The van der Waals surface area contributed by atoms with Crippen molar-refractivity contribution in [1.82, 2.24) is 15.2 Å². The summed E-state index contributed by atoms with van der Waals surface area (Å²) < 4.78 is 5.07. The molecule has 0 bridgehead atoms.